The van der Waals surface area contributed by atoms with Crippen molar-refractivity contribution in [3.05, 3.63) is 56.1 Å². The van der Waals surface area contributed by atoms with E-state index >= 15 is 0 Å². The molecule has 0 bridgehead atoms. The molecular formula is C14H14ClFN2O2S. The van der Waals surface area contributed by atoms with Crippen molar-refractivity contribution in [1.82, 2.24) is 9.55 Å². The first-order chi connectivity index (χ1) is 9.93. The lowest BCUT2D eigenvalue weighted by Crippen LogP contribution is -2.38. The van der Waals surface area contributed by atoms with Gasteiger partial charge in [-0.2, -0.15) is 11.8 Å². The monoisotopic (exact) mass is 328 g/mol. The Morgan fingerprint density at radius 3 is 2.76 bits per heavy atom. The zero-order chi connectivity index (χ0) is 15.6. The predicted molar refractivity (Wildman–Crippen MR) is 84.7 cm³/mol. The molecule has 0 aliphatic heterocycles. The van der Waals surface area contributed by atoms with Gasteiger partial charge in [-0.3, -0.25) is 14.3 Å². The molecule has 2 aromatic rings. The van der Waals surface area contributed by atoms with Crippen LogP contribution in [0, 0.1) is 5.82 Å². The van der Waals surface area contributed by atoms with E-state index in [-0.39, 0.29) is 22.5 Å². The molecule has 1 atom stereocenters. The van der Waals surface area contributed by atoms with Crippen molar-refractivity contribution in [3.8, 4) is 11.1 Å². The summed E-state index contributed by atoms with van der Waals surface area (Å²) in [6.07, 6.45) is 1.90. The molecule has 1 aromatic carbocycles. The highest BCUT2D eigenvalue weighted by molar-refractivity contribution is 7.99. The lowest BCUT2D eigenvalue weighted by molar-refractivity contribution is 0.624. The number of aromatic nitrogens is 2. The van der Waals surface area contributed by atoms with E-state index in [0.717, 1.165) is 4.57 Å². The van der Waals surface area contributed by atoms with Gasteiger partial charge in [0.15, 0.2) is 0 Å². The minimum atomic E-state index is -0.564. The third kappa shape index (κ3) is 3.39. The van der Waals surface area contributed by atoms with Gasteiger partial charge in [-0.1, -0.05) is 30.7 Å². The number of nitrogens with one attached hydrogen (secondary N) is 1. The van der Waals surface area contributed by atoms with Crippen LogP contribution in [-0.2, 0) is 6.54 Å². The zero-order valence-corrected chi connectivity index (χ0v) is 13.1. The van der Waals surface area contributed by atoms with Gasteiger partial charge in [0, 0.05) is 11.8 Å². The molecule has 0 fully saturated rings. The molecule has 0 aliphatic rings. The summed E-state index contributed by atoms with van der Waals surface area (Å²) in [6, 6.07) is 5.55. The minimum absolute atomic E-state index is 0.0799. The normalized spacial score (nSPS) is 12.4. The molecule has 1 unspecified atom stereocenters. The Labute approximate surface area is 130 Å². The number of H-pyrrole nitrogens is 1. The van der Waals surface area contributed by atoms with Gasteiger partial charge in [0.2, 0.25) is 0 Å². The Morgan fingerprint density at radius 1 is 1.43 bits per heavy atom. The first-order valence-electron chi connectivity index (χ1n) is 6.25. The molecule has 4 nitrogen and oxygen atoms in total. The van der Waals surface area contributed by atoms with Crippen LogP contribution in [-0.4, -0.2) is 21.1 Å². The molecule has 0 spiro atoms. The Bertz CT molecular complexity index is 772. The molecule has 1 N–H and O–H groups in total. The summed E-state index contributed by atoms with van der Waals surface area (Å²) < 4.78 is 14.4. The molecule has 7 heteroatoms. The van der Waals surface area contributed by atoms with Gasteiger partial charge >= 0.3 is 5.69 Å². The first-order valence-corrected chi connectivity index (χ1v) is 7.92. The summed E-state index contributed by atoms with van der Waals surface area (Å²) in [5, 5.41) is 0.00832. The lowest BCUT2D eigenvalue weighted by atomic mass is 10.1. The Kier molecular flexibility index (Phi) is 4.90. The molecule has 2 rings (SSSR count). The fraction of sp³-hybridized carbons (Fsp3) is 0.286. The van der Waals surface area contributed by atoms with E-state index in [2.05, 4.69) is 4.98 Å². The number of benzene rings is 1. The maximum atomic E-state index is 13.3. The fourth-order valence-electron chi connectivity index (χ4n) is 1.94. The van der Waals surface area contributed by atoms with Crippen molar-refractivity contribution >= 4 is 23.4 Å². The van der Waals surface area contributed by atoms with Gasteiger partial charge in [-0.15, -0.1) is 0 Å². The standard InChI is InChI=1S/C14H14ClFN2O2S/c1-8(21-2)7-18-13(19)11(12(15)17-14(18)20)9-4-3-5-10(16)6-9/h3-6,8H,7H2,1-2H3,(H,17,20). The van der Waals surface area contributed by atoms with Crippen molar-refractivity contribution < 1.29 is 4.39 Å². The predicted octanol–water partition coefficient (Wildman–Crippen LogP) is 2.75. The summed E-state index contributed by atoms with van der Waals surface area (Å²) in [7, 11) is 0. The quantitative estimate of drug-likeness (QED) is 0.878. The Morgan fingerprint density at radius 2 is 2.14 bits per heavy atom. The van der Waals surface area contributed by atoms with E-state index < -0.39 is 17.1 Å². The van der Waals surface area contributed by atoms with Gasteiger partial charge in [-0.25, -0.2) is 9.18 Å². The maximum absolute atomic E-state index is 13.3. The van der Waals surface area contributed by atoms with Crippen LogP contribution in [0.1, 0.15) is 6.92 Å². The number of hydrogen-bond donors (Lipinski definition) is 1. The molecule has 0 saturated heterocycles. The van der Waals surface area contributed by atoms with Crippen LogP contribution in [0.5, 0.6) is 0 Å². The van der Waals surface area contributed by atoms with Gasteiger partial charge in [-0.05, 0) is 24.0 Å². The largest absolute Gasteiger partial charge is 0.329 e. The van der Waals surface area contributed by atoms with E-state index in [1.54, 1.807) is 6.07 Å². The molecular weight excluding hydrogens is 315 g/mol. The molecule has 0 radical (unpaired) electrons. The molecule has 0 amide bonds. The molecule has 0 aliphatic carbocycles. The van der Waals surface area contributed by atoms with Gasteiger partial charge in [0.1, 0.15) is 11.0 Å². The number of hydrogen-bond acceptors (Lipinski definition) is 3. The summed E-state index contributed by atoms with van der Waals surface area (Å²) >= 11 is 7.51. The lowest BCUT2D eigenvalue weighted by Gasteiger charge is -2.12. The molecule has 112 valence electrons. The number of thioether (sulfide) groups is 1. The smallest absolute Gasteiger partial charge is 0.297 e. The molecule has 1 aromatic heterocycles. The molecule has 1 heterocycles. The topological polar surface area (TPSA) is 54.9 Å². The Hall–Kier alpha value is -1.53. The van der Waals surface area contributed by atoms with Gasteiger partial charge < -0.3 is 0 Å². The van der Waals surface area contributed by atoms with E-state index in [1.807, 2.05) is 13.2 Å². The van der Waals surface area contributed by atoms with Crippen LogP contribution in [0.25, 0.3) is 11.1 Å². The van der Waals surface area contributed by atoms with Crippen molar-refractivity contribution in [3.63, 3.8) is 0 Å². The second kappa shape index (κ2) is 6.49. The highest BCUT2D eigenvalue weighted by Gasteiger charge is 2.16. The average molecular weight is 329 g/mol. The second-order valence-corrected chi connectivity index (χ2v) is 6.25. The van der Waals surface area contributed by atoms with E-state index in [4.69, 9.17) is 11.6 Å². The summed E-state index contributed by atoms with van der Waals surface area (Å²) in [4.78, 5) is 26.8. The number of rotatable bonds is 4. The van der Waals surface area contributed by atoms with E-state index in [0.29, 0.717) is 5.56 Å². The number of halogens is 2. The average Bonchev–Trinajstić information content (AvgIpc) is 2.43. The summed E-state index contributed by atoms with van der Waals surface area (Å²) in [5.41, 5.74) is -0.642. The Balaban J connectivity index is 2.65. The number of aromatic amines is 1. The van der Waals surface area contributed by atoms with E-state index in [1.165, 1.54) is 30.0 Å². The van der Waals surface area contributed by atoms with Crippen molar-refractivity contribution in [1.29, 1.82) is 0 Å². The van der Waals surface area contributed by atoms with Crippen LogP contribution < -0.4 is 11.2 Å². The second-order valence-electron chi connectivity index (χ2n) is 4.59. The van der Waals surface area contributed by atoms with Crippen LogP contribution in [0.15, 0.2) is 33.9 Å². The van der Waals surface area contributed by atoms with Crippen molar-refractivity contribution in [2.45, 2.75) is 18.7 Å². The number of nitrogens with zero attached hydrogens (tertiary/aromatic N) is 1. The van der Waals surface area contributed by atoms with Crippen LogP contribution in [0.3, 0.4) is 0 Å². The summed E-state index contributed by atoms with van der Waals surface area (Å²) in [5.74, 6) is -0.474. The third-order valence-corrected chi connectivity index (χ3v) is 4.33. The molecule has 0 saturated carbocycles. The van der Waals surface area contributed by atoms with Crippen molar-refractivity contribution in [2.24, 2.45) is 0 Å². The van der Waals surface area contributed by atoms with Crippen molar-refractivity contribution in [2.75, 3.05) is 6.26 Å². The van der Waals surface area contributed by atoms with Crippen LogP contribution in [0.4, 0.5) is 4.39 Å². The van der Waals surface area contributed by atoms with Gasteiger partial charge in [0.25, 0.3) is 5.56 Å². The highest BCUT2D eigenvalue weighted by atomic mass is 35.5. The van der Waals surface area contributed by atoms with Crippen LogP contribution >= 0.6 is 23.4 Å². The van der Waals surface area contributed by atoms with E-state index in [9.17, 15) is 14.0 Å². The third-order valence-electron chi connectivity index (χ3n) is 3.10. The minimum Gasteiger partial charge on any atom is -0.297 e. The molecule has 21 heavy (non-hydrogen) atoms. The van der Waals surface area contributed by atoms with Gasteiger partial charge in [0.05, 0.1) is 5.56 Å². The maximum Gasteiger partial charge on any atom is 0.329 e. The highest BCUT2D eigenvalue weighted by Crippen LogP contribution is 2.22. The SMILES string of the molecule is CSC(C)Cn1c(=O)[nH]c(Cl)c(-c2cccc(F)c2)c1=O. The fourth-order valence-corrected chi connectivity index (χ4v) is 2.51. The summed E-state index contributed by atoms with van der Waals surface area (Å²) in [6.45, 7) is 2.17. The first kappa shape index (κ1) is 15.9. The zero-order valence-electron chi connectivity index (χ0n) is 11.5. The van der Waals surface area contributed by atoms with Crippen LogP contribution in [0.2, 0.25) is 5.15 Å².